The van der Waals surface area contributed by atoms with Gasteiger partial charge in [0.2, 0.25) is 0 Å². The van der Waals surface area contributed by atoms with Crippen LogP contribution >= 0.6 is 0 Å². The van der Waals surface area contributed by atoms with Gasteiger partial charge in [0, 0.05) is 18.7 Å². The Bertz CT molecular complexity index is 799. The standard InChI is InChI=1S/C18H18N4O/c1-2-4-17(16(3-1)11-22-13-19-12-21-22)20-10-14-5-6-18-15(9-14)7-8-23-18/h1-6,9,12-13,20H,7-8,10-11H2. The summed E-state index contributed by atoms with van der Waals surface area (Å²) >= 11 is 0. The molecule has 3 aromatic rings. The highest BCUT2D eigenvalue weighted by molar-refractivity contribution is 5.52. The van der Waals surface area contributed by atoms with Crippen LogP contribution in [0.5, 0.6) is 5.75 Å². The minimum Gasteiger partial charge on any atom is -0.493 e. The summed E-state index contributed by atoms with van der Waals surface area (Å²) in [7, 11) is 0. The molecule has 2 aromatic carbocycles. The Hall–Kier alpha value is -2.82. The number of fused-ring (bicyclic) bond motifs is 1. The highest BCUT2D eigenvalue weighted by atomic mass is 16.5. The topological polar surface area (TPSA) is 52.0 Å². The molecule has 5 nitrogen and oxygen atoms in total. The molecule has 0 spiro atoms. The average Bonchev–Trinajstić information content (AvgIpc) is 3.25. The Morgan fingerprint density at radius 2 is 2.13 bits per heavy atom. The summed E-state index contributed by atoms with van der Waals surface area (Å²) in [6, 6.07) is 14.7. The van der Waals surface area contributed by atoms with Crippen LogP contribution in [0.15, 0.2) is 55.1 Å². The monoisotopic (exact) mass is 306 g/mol. The first kappa shape index (κ1) is 13.8. The number of benzene rings is 2. The molecule has 0 bridgehead atoms. The molecule has 23 heavy (non-hydrogen) atoms. The molecule has 0 atom stereocenters. The van der Waals surface area contributed by atoms with Gasteiger partial charge in [0.05, 0.1) is 13.2 Å². The number of aromatic nitrogens is 3. The molecule has 116 valence electrons. The predicted molar refractivity (Wildman–Crippen MR) is 88.5 cm³/mol. The Balaban J connectivity index is 1.48. The first-order chi connectivity index (χ1) is 11.4. The van der Waals surface area contributed by atoms with Gasteiger partial charge >= 0.3 is 0 Å². The van der Waals surface area contributed by atoms with E-state index in [0.29, 0.717) is 6.54 Å². The number of hydrogen-bond acceptors (Lipinski definition) is 4. The molecule has 0 saturated carbocycles. The summed E-state index contributed by atoms with van der Waals surface area (Å²) in [5, 5.41) is 7.70. The van der Waals surface area contributed by atoms with Gasteiger partial charge in [0.1, 0.15) is 18.4 Å². The van der Waals surface area contributed by atoms with Crippen molar-refractivity contribution < 1.29 is 4.74 Å². The molecule has 1 aromatic heterocycles. The van der Waals surface area contributed by atoms with Crippen LogP contribution in [0.2, 0.25) is 0 Å². The molecule has 5 heteroatoms. The lowest BCUT2D eigenvalue weighted by molar-refractivity contribution is 0.357. The Kier molecular flexibility index (Phi) is 3.68. The maximum atomic E-state index is 5.56. The summed E-state index contributed by atoms with van der Waals surface area (Å²) in [5.74, 6) is 1.03. The summed E-state index contributed by atoms with van der Waals surface area (Å²) in [6.45, 7) is 2.30. The third-order valence-electron chi connectivity index (χ3n) is 4.05. The fraction of sp³-hybridized carbons (Fsp3) is 0.222. The second-order valence-corrected chi connectivity index (χ2v) is 5.64. The third-order valence-corrected chi connectivity index (χ3v) is 4.05. The molecule has 2 heterocycles. The summed E-state index contributed by atoms with van der Waals surface area (Å²) < 4.78 is 7.38. The fourth-order valence-corrected chi connectivity index (χ4v) is 2.87. The van der Waals surface area contributed by atoms with Gasteiger partial charge in [-0.25, -0.2) is 9.67 Å². The first-order valence-electron chi connectivity index (χ1n) is 7.77. The second kappa shape index (κ2) is 6.12. The van der Waals surface area contributed by atoms with E-state index in [2.05, 4.69) is 45.7 Å². The summed E-state index contributed by atoms with van der Waals surface area (Å²) in [6.07, 6.45) is 4.30. The molecule has 0 amide bonds. The zero-order valence-electron chi connectivity index (χ0n) is 12.8. The molecule has 1 aliphatic rings. The summed E-state index contributed by atoms with van der Waals surface area (Å²) in [4.78, 5) is 3.99. The van der Waals surface area contributed by atoms with E-state index in [4.69, 9.17) is 4.74 Å². The predicted octanol–water partition coefficient (Wildman–Crippen LogP) is 2.87. The normalized spacial score (nSPS) is 12.7. The van der Waals surface area contributed by atoms with Crippen molar-refractivity contribution >= 4 is 5.69 Å². The van der Waals surface area contributed by atoms with Crippen molar-refractivity contribution in [2.45, 2.75) is 19.5 Å². The largest absolute Gasteiger partial charge is 0.493 e. The van der Waals surface area contributed by atoms with Crippen LogP contribution in [0, 0.1) is 0 Å². The average molecular weight is 306 g/mol. The maximum absolute atomic E-state index is 5.56. The van der Waals surface area contributed by atoms with Crippen molar-refractivity contribution in [3.63, 3.8) is 0 Å². The molecule has 4 rings (SSSR count). The minimum atomic E-state index is 0.710. The zero-order valence-corrected chi connectivity index (χ0v) is 12.8. The third kappa shape index (κ3) is 3.04. The van der Waals surface area contributed by atoms with Crippen LogP contribution < -0.4 is 10.1 Å². The molecule has 1 N–H and O–H groups in total. The smallest absolute Gasteiger partial charge is 0.137 e. The number of nitrogens with zero attached hydrogens (tertiary/aromatic N) is 3. The van der Waals surface area contributed by atoms with Crippen LogP contribution in [0.3, 0.4) is 0 Å². The van der Waals surface area contributed by atoms with Crippen molar-refractivity contribution in [3.8, 4) is 5.75 Å². The van der Waals surface area contributed by atoms with E-state index in [9.17, 15) is 0 Å². The molecule has 0 aliphatic carbocycles. The fourth-order valence-electron chi connectivity index (χ4n) is 2.87. The number of hydrogen-bond donors (Lipinski definition) is 1. The van der Waals surface area contributed by atoms with E-state index in [-0.39, 0.29) is 0 Å². The molecule has 0 unspecified atom stereocenters. The van der Waals surface area contributed by atoms with E-state index in [1.54, 1.807) is 12.7 Å². The number of para-hydroxylation sites is 1. The molecular weight excluding hydrogens is 288 g/mol. The molecule has 0 saturated heterocycles. The number of nitrogens with one attached hydrogen (secondary N) is 1. The minimum absolute atomic E-state index is 0.710. The Labute approximate surface area is 134 Å². The van der Waals surface area contributed by atoms with Gasteiger partial charge in [-0.1, -0.05) is 30.3 Å². The van der Waals surface area contributed by atoms with Gasteiger partial charge in [0.25, 0.3) is 0 Å². The van der Waals surface area contributed by atoms with Crippen LogP contribution in [0.25, 0.3) is 0 Å². The van der Waals surface area contributed by atoms with Crippen molar-refractivity contribution in [1.82, 2.24) is 14.8 Å². The van der Waals surface area contributed by atoms with Crippen LogP contribution in [-0.4, -0.2) is 21.4 Å². The maximum Gasteiger partial charge on any atom is 0.137 e. The van der Waals surface area contributed by atoms with Crippen molar-refractivity contribution in [3.05, 3.63) is 71.8 Å². The molecule has 0 radical (unpaired) electrons. The van der Waals surface area contributed by atoms with E-state index >= 15 is 0 Å². The van der Waals surface area contributed by atoms with Gasteiger partial charge in [-0.05, 0) is 28.8 Å². The van der Waals surface area contributed by atoms with Crippen molar-refractivity contribution in [1.29, 1.82) is 0 Å². The van der Waals surface area contributed by atoms with Crippen LogP contribution in [-0.2, 0) is 19.5 Å². The quantitative estimate of drug-likeness (QED) is 0.787. The van der Waals surface area contributed by atoms with Crippen molar-refractivity contribution in [2.24, 2.45) is 0 Å². The second-order valence-electron chi connectivity index (χ2n) is 5.64. The summed E-state index contributed by atoms with van der Waals surface area (Å²) in [5.41, 5.74) is 4.90. The van der Waals surface area contributed by atoms with E-state index in [0.717, 1.165) is 31.0 Å². The lowest BCUT2D eigenvalue weighted by Gasteiger charge is -2.12. The van der Waals surface area contributed by atoms with E-state index in [1.807, 2.05) is 16.8 Å². The van der Waals surface area contributed by atoms with Crippen LogP contribution in [0.4, 0.5) is 5.69 Å². The van der Waals surface area contributed by atoms with Gasteiger partial charge in [-0.2, -0.15) is 5.10 Å². The number of ether oxygens (including phenoxy) is 1. The van der Waals surface area contributed by atoms with Crippen LogP contribution in [0.1, 0.15) is 16.7 Å². The van der Waals surface area contributed by atoms with Crippen molar-refractivity contribution in [2.75, 3.05) is 11.9 Å². The number of rotatable bonds is 5. The SMILES string of the molecule is c1ccc(NCc2ccc3c(c2)CCO3)c(Cn2cncn2)c1. The van der Waals surface area contributed by atoms with Gasteiger partial charge in [-0.15, -0.1) is 0 Å². The molecule has 0 fully saturated rings. The lowest BCUT2D eigenvalue weighted by Crippen LogP contribution is -2.06. The van der Waals surface area contributed by atoms with E-state index in [1.165, 1.54) is 16.7 Å². The Morgan fingerprint density at radius 3 is 3.04 bits per heavy atom. The zero-order chi connectivity index (χ0) is 15.5. The lowest BCUT2D eigenvalue weighted by atomic mass is 10.1. The highest BCUT2D eigenvalue weighted by Gasteiger charge is 2.12. The number of anilines is 1. The Morgan fingerprint density at radius 1 is 1.17 bits per heavy atom. The van der Waals surface area contributed by atoms with Gasteiger partial charge in [0.15, 0.2) is 0 Å². The van der Waals surface area contributed by atoms with Gasteiger partial charge < -0.3 is 10.1 Å². The molecule has 1 aliphatic heterocycles. The highest BCUT2D eigenvalue weighted by Crippen LogP contribution is 2.26. The molecular formula is C18H18N4O. The van der Waals surface area contributed by atoms with Gasteiger partial charge in [-0.3, -0.25) is 0 Å². The first-order valence-corrected chi connectivity index (χ1v) is 7.77. The van der Waals surface area contributed by atoms with E-state index < -0.39 is 0 Å².